The van der Waals surface area contributed by atoms with Gasteiger partial charge in [0, 0.05) is 23.8 Å². The number of hydrogen-bond acceptors (Lipinski definition) is 13. The van der Waals surface area contributed by atoms with Gasteiger partial charge in [0.2, 0.25) is 6.29 Å². The van der Waals surface area contributed by atoms with Gasteiger partial charge in [-0.3, -0.25) is 14.4 Å². The predicted molar refractivity (Wildman–Crippen MR) is 129 cm³/mol. The van der Waals surface area contributed by atoms with Crippen LogP contribution in [0.3, 0.4) is 0 Å². The Kier molecular flexibility index (Phi) is 7.81. The van der Waals surface area contributed by atoms with Crippen LogP contribution in [-0.4, -0.2) is 86.4 Å². The van der Waals surface area contributed by atoms with E-state index in [1.54, 1.807) is 0 Å². The van der Waals surface area contributed by atoms with Gasteiger partial charge >= 0.3 is 17.9 Å². The quantitative estimate of drug-likeness (QED) is 0.158. The van der Waals surface area contributed by atoms with Gasteiger partial charge in [0.15, 0.2) is 35.2 Å². The lowest BCUT2D eigenvalue weighted by molar-refractivity contribution is -0.275. The standard InChI is InChI=1S/C25H22O15/c1-36-14-3-2-9(4-11(14)26)15-7-13(28)19-12(27)5-10(6-16(19)38-15)37-25-21(33)22(39-18(31)8-17(29)30)20(32)23(40-25)24(34)35/h2-7,20-23,25-27,32-33H,8H2,1H3,(H,29,30)(H,34,35). The van der Waals surface area contributed by atoms with Gasteiger partial charge in [0.05, 0.1) is 7.11 Å². The van der Waals surface area contributed by atoms with Crippen molar-refractivity contribution in [3.63, 3.8) is 0 Å². The Balaban J connectivity index is 1.68. The average Bonchev–Trinajstić information content (AvgIpc) is 2.87. The minimum atomic E-state index is -2.10. The van der Waals surface area contributed by atoms with Crippen molar-refractivity contribution >= 4 is 28.9 Å². The Morgan fingerprint density at radius 1 is 0.975 bits per heavy atom. The van der Waals surface area contributed by atoms with Gasteiger partial charge in [-0.25, -0.2) is 4.79 Å². The van der Waals surface area contributed by atoms with Crippen molar-refractivity contribution in [2.75, 3.05) is 7.11 Å². The first-order valence-corrected chi connectivity index (χ1v) is 11.4. The Labute approximate surface area is 222 Å². The molecule has 212 valence electrons. The van der Waals surface area contributed by atoms with Crippen LogP contribution in [0.1, 0.15) is 6.42 Å². The van der Waals surface area contributed by atoms with Crippen LogP contribution in [0, 0.1) is 0 Å². The van der Waals surface area contributed by atoms with E-state index in [1.807, 2.05) is 0 Å². The fourth-order valence-electron chi connectivity index (χ4n) is 4.02. The van der Waals surface area contributed by atoms with E-state index in [9.17, 15) is 44.7 Å². The molecule has 0 aliphatic carbocycles. The molecule has 40 heavy (non-hydrogen) atoms. The molecule has 0 saturated carbocycles. The Morgan fingerprint density at radius 3 is 2.33 bits per heavy atom. The lowest BCUT2D eigenvalue weighted by atomic mass is 9.98. The van der Waals surface area contributed by atoms with Crippen LogP contribution in [0.25, 0.3) is 22.3 Å². The summed E-state index contributed by atoms with van der Waals surface area (Å²) < 4.78 is 26.1. The third-order valence-corrected chi connectivity index (χ3v) is 5.85. The number of aromatic hydroxyl groups is 2. The van der Waals surface area contributed by atoms with Crippen LogP contribution in [0.2, 0.25) is 0 Å². The molecule has 3 aromatic rings. The molecule has 15 heteroatoms. The molecular formula is C25H22O15. The summed E-state index contributed by atoms with van der Waals surface area (Å²) in [4.78, 5) is 46.9. The molecule has 0 amide bonds. The zero-order valence-electron chi connectivity index (χ0n) is 20.4. The normalized spacial score (nSPS) is 22.4. The molecule has 1 fully saturated rings. The molecule has 1 aliphatic rings. The summed E-state index contributed by atoms with van der Waals surface area (Å²) in [7, 11) is 1.35. The van der Waals surface area contributed by atoms with Crippen LogP contribution >= 0.6 is 0 Å². The van der Waals surface area contributed by atoms with Gasteiger partial charge in [-0.2, -0.15) is 0 Å². The number of ether oxygens (including phenoxy) is 4. The molecule has 15 nitrogen and oxygen atoms in total. The van der Waals surface area contributed by atoms with E-state index in [4.69, 9.17) is 28.5 Å². The third-order valence-electron chi connectivity index (χ3n) is 5.85. The number of carboxylic acids is 2. The maximum atomic E-state index is 12.7. The van der Waals surface area contributed by atoms with Gasteiger partial charge in [-0.15, -0.1) is 0 Å². The van der Waals surface area contributed by atoms with Gasteiger partial charge in [0.25, 0.3) is 0 Å². The molecule has 2 heterocycles. The van der Waals surface area contributed by atoms with E-state index in [-0.39, 0.29) is 39.5 Å². The summed E-state index contributed by atoms with van der Waals surface area (Å²) in [6.07, 6.45) is -11.2. The van der Waals surface area contributed by atoms with Crippen molar-refractivity contribution in [2.24, 2.45) is 0 Å². The number of esters is 1. The number of hydrogen-bond donors (Lipinski definition) is 6. The number of aliphatic hydroxyl groups excluding tert-OH is 2. The number of fused-ring (bicyclic) bond motifs is 1. The number of carbonyl (C=O) groups excluding carboxylic acids is 1. The fraction of sp³-hybridized carbons (Fsp3) is 0.280. The maximum Gasteiger partial charge on any atom is 0.335 e. The van der Waals surface area contributed by atoms with Crippen molar-refractivity contribution in [1.82, 2.24) is 0 Å². The zero-order valence-corrected chi connectivity index (χ0v) is 20.4. The Hall–Kier alpha value is -4.86. The molecule has 1 aromatic heterocycles. The summed E-state index contributed by atoms with van der Waals surface area (Å²) in [6, 6.07) is 7.34. The Morgan fingerprint density at radius 2 is 1.70 bits per heavy atom. The van der Waals surface area contributed by atoms with Crippen molar-refractivity contribution < 1.29 is 68.4 Å². The molecule has 5 unspecified atom stereocenters. The van der Waals surface area contributed by atoms with Crippen molar-refractivity contribution in [1.29, 1.82) is 0 Å². The summed E-state index contributed by atoms with van der Waals surface area (Å²) >= 11 is 0. The molecule has 6 N–H and O–H groups in total. The number of phenols is 2. The number of phenolic OH excluding ortho intramolecular Hbond substituents is 2. The van der Waals surface area contributed by atoms with Crippen molar-refractivity contribution in [3.05, 3.63) is 46.6 Å². The molecular weight excluding hydrogens is 540 g/mol. The highest BCUT2D eigenvalue weighted by molar-refractivity contribution is 5.90. The first-order chi connectivity index (χ1) is 18.9. The molecule has 4 rings (SSSR count). The predicted octanol–water partition coefficient (Wildman–Crippen LogP) is 0.176. The van der Waals surface area contributed by atoms with Crippen LogP contribution in [-0.2, 0) is 23.9 Å². The summed E-state index contributed by atoms with van der Waals surface area (Å²) in [5.74, 6) is -5.66. The second kappa shape index (κ2) is 11.1. The van der Waals surface area contributed by atoms with Crippen molar-refractivity contribution in [2.45, 2.75) is 37.1 Å². The number of aliphatic hydroxyl groups is 2. The molecule has 5 atom stereocenters. The number of aliphatic carboxylic acids is 2. The highest BCUT2D eigenvalue weighted by atomic mass is 16.7. The van der Waals surface area contributed by atoms with E-state index >= 15 is 0 Å². The largest absolute Gasteiger partial charge is 0.507 e. The lowest BCUT2D eigenvalue weighted by Gasteiger charge is -2.40. The number of benzene rings is 2. The Bertz CT molecular complexity index is 1530. The minimum Gasteiger partial charge on any atom is -0.507 e. The number of methoxy groups -OCH3 is 1. The topological polar surface area (TPSA) is 240 Å². The van der Waals surface area contributed by atoms with Crippen LogP contribution in [0.5, 0.6) is 23.0 Å². The average molecular weight is 562 g/mol. The highest BCUT2D eigenvalue weighted by Gasteiger charge is 2.51. The molecule has 0 radical (unpaired) electrons. The first kappa shape index (κ1) is 28.2. The monoisotopic (exact) mass is 562 g/mol. The van der Waals surface area contributed by atoms with Gasteiger partial charge in [-0.05, 0) is 18.2 Å². The maximum absolute atomic E-state index is 12.7. The van der Waals surface area contributed by atoms with E-state index in [1.165, 1.54) is 25.3 Å². The summed E-state index contributed by atoms with van der Waals surface area (Å²) in [5.41, 5.74) is -0.597. The molecule has 1 saturated heterocycles. The van der Waals surface area contributed by atoms with Crippen LogP contribution in [0.4, 0.5) is 0 Å². The first-order valence-electron chi connectivity index (χ1n) is 11.4. The lowest BCUT2D eigenvalue weighted by Crippen LogP contribution is -2.62. The number of carbonyl (C=O) groups is 3. The fourth-order valence-corrected chi connectivity index (χ4v) is 4.02. The number of carboxylic acid groups (broad SMARTS) is 2. The smallest absolute Gasteiger partial charge is 0.335 e. The van der Waals surface area contributed by atoms with Gasteiger partial charge in [0.1, 0.15) is 40.8 Å². The number of rotatable bonds is 8. The second-order valence-corrected chi connectivity index (χ2v) is 8.56. The van der Waals surface area contributed by atoms with E-state index in [0.717, 1.165) is 18.2 Å². The molecule has 0 spiro atoms. The van der Waals surface area contributed by atoms with Gasteiger partial charge in [-0.1, -0.05) is 0 Å². The second-order valence-electron chi connectivity index (χ2n) is 8.56. The van der Waals surface area contributed by atoms with E-state index < -0.39 is 66.2 Å². The van der Waals surface area contributed by atoms with Crippen LogP contribution < -0.4 is 14.9 Å². The summed E-state index contributed by atoms with van der Waals surface area (Å²) in [5, 5.41) is 59.4. The SMILES string of the molecule is COc1ccc(-c2cc(=O)c3c(O)cc(OC4OC(C(=O)O)C(O)C(OC(=O)CC(=O)O)C4O)cc3o2)cc1O. The minimum absolute atomic E-state index is 0.0135. The highest BCUT2D eigenvalue weighted by Crippen LogP contribution is 2.35. The van der Waals surface area contributed by atoms with E-state index in [2.05, 4.69) is 0 Å². The third kappa shape index (κ3) is 5.61. The molecule has 1 aliphatic heterocycles. The molecule has 0 bridgehead atoms. The molecule has 2 aromatic carbocycles. The summed E-state index contributed by atoms with van der Waals surface area (Å²) in [6.45, 7) is 0. The zero-order chi connectivity index (χ0) is 29.3. The van der Waals surface area contributed by atoms with Gasteiger partial charge < -0.3 is 54.0 Å². The van der Waals surface area contributed by atoms with E-state index in [0.29, 0.717) is 0 Å². The van der Waals surface area contributed by atoms with Crippen LogP contribution in [0.15, 0.2) is 45.6 Å². The van der Waals surface area contributed by atoms with Crippen molar-refractivity contribution in [3.8, 4) is 34.3 Å².